The number of pyridine rings is 1. The zero-order valence-electron chi connectivity index (χ0n) is 10.5. The summed E-state index contributed by atoms with van der Waals surface area (Å²) in [5.41, 5.74) is 5.79. The molecule has 0 aliphatic carbocycles. The van der Waals surface area contributed by atoms with Gasteiger partial charge in [-0.15, -0.1) is 0 Å². The summed E-state index contributed by atoms with van der Waals surface area (Å²) in [5.74, 6) is 0.410. The van der Waals surface area contributed by atoms with Crippen LogP contribution in [0, 0.1) is 0 Å². The maximum Gasteiger partial charge on any atom is 0.416 e. The Morgan fingerprint density at radius 3 is 2.50 bits per heavy atom. The molecule has 0 bridgehead atoms. The second kappa shape index (κ2) is 5.28. The van der Waals surface area contributed by atoms with E-state index in [9.17, 15) is 13.2 Å². The average Bonchev–Trinajstić information content (AvgIpc) is 2.41. The molecule has 1 heterocycles. The van der Waals surface area contributed by atoms with Crippen molar-refractivity contribution in [1.82, 2.24) is 4.98 Å². The molecule has 0 saturated carbocycles. The quantitative estimate of drug-likeness (QED) is 0.847. The van der Waals surface area contributed by atoms with Crippen LogP contribution in [0.15, 0.2) is 36.5 Å². The minimum atomic E-state index is -4.41. The number of rotatable bonds is 3. The SMILES string of the molecule is COc1ccc(Nc2cc(C(F)(F)F)ccc2N)cn1. The standard InChI is InChI=1S/C13H12F3N3O/c1-20-12-5-3-9(7-18-12)19-11-6-8(13(14,15)16)2-4-10(11)17/h2-7,19H,17H2,1H3. The third kappa shape index (κ3) is 3.11. The van der Waals surface area contributed by atoms with E-state index in [1.165, 1.54) is 19.4 Å². The van der Waals surface area contributed by atoms with Gasteiger partial charge < -0.3 is 15.8 Å². The van der Waals surface area contributed by atoms with Gasteiger partial charge in [-0.05, 0) is 24.3 Å². The number of nitrogens with one attached hydrogen (secondary N) is 1. The van der Waals surface area contributed by atoms with Gasteiger partial charge in [0.25, 0.3) is 0 Å². The summed E-state index contributed by atoms with van der Waals surface area (Å²) in [4.78, 5) is 3.95. The summed E-state index contributed by atoms with van der Waals surface area (Å²) in [6.45, 7) is 0. The summed E-state index contributed by atoms with van der Waals surface area (Å²) < 4.78 is 42.8. The predicted molar refractivity (Wildman–Crippen MR) is 69.9 cm³/mol. The third-order valence-electron chi connectivity index (χ3n) is 2.61. The third-order valence-corrected chi connectivity index (χ3v) is 2.61. The fraction of sp³-hybridized carbons (Fsp3) is 0.154. The van der Waals surface area contributed by atoms with Crippen LogP contribution in [0.5, 0.6) is 5.88 Å². The Kier molecular flexibility index (Phi) is 3.69. The van der Waals surface area contributed by atoms with E-state index >= 15 is 0 Å². The van der Waals surface area contributed by atoms with E-state index in [0.717, 1.165) is 12.1 Å². The number of ether oxygens (including phenoxy) is 1. The molecule has 106 valence electrons. The predicted octanol–water partition coefficient (Wildman–Crippen LogP) is 3.43. The fourth-order valence-electron chi connectivity index (χ4n) is 1.57. The average molecular weight is 283 g/mol. The number of alkyl halides is 3. The highest BCUT2D eigenvalue weighted by molar-refractivity contribution is 5.73. The molecule has 0 amide bonds. The van der Waals surface area contributed by atoms with Gasteiger partial charge in [-0.3, -0.25) is 0 Å². The topological polar surface area (TPSA) is 60.2 Å². The Morgan fingerprint density at radius 1 is 1.20 bits per heavy atom. The highest BCUT2D eigenvalue weighted by Crippen LogP contribution is 2.34. The maximum atomic E-state index is 12.6. The number of methoxy groups -OCH3 is 1. The van der Waals surface area contributed by atoms with Crippen LogP contribution in [-0.2, 0) is 6.18 Å². The lowest BCUT2D eigenvalue weighted by molar-refractivity contribution is -0.137. The Labute approximate surface area is 113 Å². The number of aromatic nitrogens is 1. The van der Waals surface area contributed by atoms with Crippen molar-refractivity contribution in [2.75, 3.05) is 18.2 Å². The number of hydrogen-bond acceptors (Lipinski definition) is 4. The molecule has 0 aliphatic heterocycles. The monoisotopic (exact) mass is 283 g/mol. The highest BCUT2D eigenvalue weighted by Gasteiger charge is 2.30. The van der Waals surface area contributed by atoms with E-state index < -0.39 is 11.7 Å². The van der Waals surface area contributed by atoms with Gasteiger partial charge in [-0.2, -0.15) is 13.2 Å². The van der Waals surface area contributed by atoms with E-state index in [-0.39, 0.29) is 11.4 Å². The van der Waals surface area contributed by atoms with Gasteiger partial charge in [0, 0.05) is 6.07 Å². The minimum Gasteiger partial charge on any atom is -0.481 e. The number of anilines is 3. The fourth-order valence-corrected chi connectivity index (χ4v) is 1.57. The minimum absolute atomic E-state index is 0.173. The van der Waals surface area contributed by atoms with Crippen LogP contribution in [0.25, 0.3) is 0 Å². The molecule has 1 aromatic heterocycles. The number of nitrogen functional groups attached to an aromatic ring is 1. The van der Waals surface area contributed by atoms with E-state index in [0.29, 0.717) is 11.6 Å². The van der Waals surface area contributed by atoms with E-state index in [4.69, 9.17) is 10.5 Å². The van der Waals surface area contributed by atoms with Gasteiger partial charge in [-0.1, -0.05) is 0 Å². The first-order valence-electron chi connectivity index (χ1n) is 5.64. The van der Waals surface area contributed by atoms with Crippen LogP contribution >= 0.6 is 0 Å². The molecule has 3 N–H and O–H groups in total. The van der Waals surface area contributed by atoms with Gasteiger partial charge in [-0.25, -0.2) is 4.98 Å². The Bertz CT molecular complexity index is 597. The van der Waals surface area contributed by atoms with E-state index in [2.05, 4.69) is 10.3 Å². The maximum absolute atomic E-state index is 12.6. The van der Waals surface area contributed by atoms with Gasteiger partial charge in [0.1, 0.15) is 0 Å². The Morgan fingerprint density at radius 2 is 1.95 bits per heavy atom. The van der Waals surface area contributed by atoms with Crippen LogP contribution in [0.2, 0.25) is 0 Å². The van der Waals surface area contributed by atoms with Crippen molar-refractivity contribution in [1.29, 1.82) is 0 Å². The van der Waals surface area contributed by atoms with Crippen LogP contribution in [0.1, 0.15) is 5.56 Å². The second-order valence-corrected chi connectivity index (χ2v) is 4.01. The van der Waals surface area contributed by atoms with Crippen molar-refractivity contribution in [2.24, 2.45) is 0 Å². The lowest BCUT2D eigenvalue weighted by Crippen LogP contribution is -2.06. The second-order valence-electron chi connectivity index (χ2n) is 4.01. The molecule has 0 aliphatic rings. The number of halogens is 3. The molecule has 0 saturated heterocycles. The molecule has 0 radical (unpaired) electrons. The lowest BCUT2D eigenvalue weighted by Gasteiger charge is -2.13. The van der Waals surface area contributed by atoms with Gasteiger partial charge in [0.2, 0.25) is 5.88 Å². The molecule has 20 heavy (non-hydrogen) atoms. The van der Waals surface area contributed by atoms with Crippen molar-refractivity contribution in [2.45, 2.75) is 6.18 Å². The molecule has 0 fully saturated rings. The number of nitrogens with two attached hydrogens (primary N) is 1. The van der Waals surface area contributed by atoms with Crippen molar-refractivity contribution in [3.8, 4) is 5.88 Å². The molecular formula is C13H12F3N3O. The largest absolute Gasteiger partial charge is 0.481 e. The summed E-state index contributed by atoms with van der Waals surface area (Å²) in [6, 6.07) is 6.33. The Balaban J connectivity index is 2.27. The Hall–Kier alpha value is -2.44. The molecule has 4 nitrogen and oxygen atoms in total. The molecule has 0 spiro atoms. The van der Waals surface area contributed by atoms with E-state index in [1.54, 1.807) is 12.1 Å². The van der Waals surface area contributed by atoms with Gasteiger partial charge in [0.15, 0.2) is 0 Å². The molecular weight excluding hydrogens is 271 g/mol. The molecule has 7 heteroatoms. The summed E-state index contributed by atoms with van der Waals surface area (Å²) >= 11 is 0. The smallest absolute Gasteiger partial charge is 0.416 e. The number of nitrogens with zero attached hydrogens (tertiary/aromatic N) is 1. The molecule has 1 aromatic carbocycles. The van der Waals surface area contributed by atoms with Crippen LogP contribution < -0.4 is 15.8 Å². The summed E-state index contributed by atoms with van der Waals surface area (Å²) in [5, 5.41) is 2.79. The molecule has 2 aromatic rings. The molecule has 0 unspecified atom stereocenters. The molecule has 2 rings (SSSR count). The van der Waals surface area contributed by atoms with Crippen molar-refractivity contribution >= 4 is 17.1 Å². The lowest BCUT2D eigenvalue weighted by atomic mass is 10.1. The summed E-state index contributed by atoms with van der Waals surface area (Å²) in [7, 11) is 1.47. The first-order valence-corrected chi connectivity index (χ1v) is 5.64. The zero-order valence-corrected chi connectivity index (χ0v) is 10.5. The zero-order chi connectivity index (χ0) is 14.8. The van der Waals surface area contributed by atoms with Crippen LogP contribution in [0.3, 0.4) is 0 Å². The molecule has 0 atom stereocenters. The first-order chi connectivity index (χ1) is 9.40. The summed E-state index contributed by atoms with van der Waals surface area (Å²) in [6.07, 6.45) is -2.97. The van der Waals surface area contributed by atoms with E-state index in [1.807, 2.05) is 0 Å². The van der Waals surface area contributed by atoms with Gasteiger partial charge >= 0.3 is 6.18 Å². The van der Waals surface area contributed by atoms with Crippen molar-refractivity contribution in [3.63, 3.8) is 0 Å². The number of hydrogen-bond donors (Lipinski definition) is 2. The highest BCUT2D eigenvalue weighted by atomic mass is 19.4. The van der Waals surface area contributed by atoms with Crippen LogP contribution in [-0.4, -0.2) is 12.1 Å². The van der Waals surface area contributed by atoms with Gasteiger partial charge in [0.05, 0.1) is 35.9 Å². The number of benzene rings is 1. The van der Waals surface area contributed by atoms with Crippen molar-refractivity contribution in [3.05, 3.63) is 42.1 Å². The normalized spacial score (nSPS) is 11.2. The first kappa shape index (κ1) is 14.0. The van der Waals surface area contributed by atoms with Crippen LogP contribution in [0.4, 0.5) is 30.2 Å². The van der Waals surface area contributed by atoms with Crippen molar-refractivity contribution < 1.29 is 17.9 Å².